The number of pyridine rings is 1. The van der Waals surface area contributed by atoms with Crippen LogP contribution in [-0.2, 0) is 0 Å². The van der Waals surface area contributed by atoms with Gasteiger partial charge < -0.3 is 11.1 Å². The van der Waals surface area contributed by atoms with E-state index < -0.39 is 0 Å². The van der Waals surface area contributed by atoms with Gasteiger partial charge in [0, 0.05) is 11.1 Å². The van der Waals surface area contributed by atoms with E-state index in [0.29, 0.717) is 11.5 Å². The molecule has 1 aliphatic rings. The molecule has 1 aromatic rings. The lowest BCUT2D eigenvalue weighted by Gasteiger charge is -2.26. The van der Waals surface area contributed by atoms with Crippen molar-refractivity contribution in [3.8, 4) is 0 Å². The first kappa shape index (κ1) is 12.2. The van der Waals surface area contributed by atoms with E-state index in [1.54, 1.807) is 0 Å². The fraction of sp³-hybridized carbons (Fsp3) is 0.500. The molecule has 1 aliphatic carbocycles. The van der Waals surface area contributed by atoms with Crippen LogP contribution in [0.1, 0.15) is 37.0 Å². The zero-order valence-corrected chi connectivity index (χ0v) is 10.7. The second kappa shape index (κ2) is 4.18. The van der Waals surface area contributed by atoms with Crippen LogP contribution in [0.3, 0.4) is 0 Å². The van der Waals surface area contributed by atoms with E-state index in [0.717, 1.165) is 0 Å². The van der Waals surface area contributed by atoms with Gasteiger partial charge in [-0.3, -0.25) is 4.79 Å². The van der Waals surface area contributed by atoms with Crippen LogP contribution in [0.4, 0.5) is 5.82 Å². The van der Waals surface area contributed by atoms with Gasteiger partial charge in [0.1, 0.15) is 11.0 Å². The minimum absolute atomic E-state index is 0.155. The fourth-order valence-electron chi connectivity index (χ4n) is 1.92. The number of nitrogens with one attached hydrogen (secondary N) is 1. The third-order valence-electron chi connectivity index (χ3n) is 3.11. The molecular weight excluding hydrogens is 238 g/mol. The average molecular weight is 254 g/mol. The first-order valence-corrected chi connectivity index (χ1v) is 6.02. The Labute approximate surface area is 106 Å². The fourth-order valence-corrected chi connectivity index (χ4v) is 2.14. The van der Waals surface area contributed by atoms with Gasteiger partial charge in [-0.2, -0.15) is 0 Å². The second-order valence-electron chi connectivity index (χ2n) is 5.05. The van der Waals surface area contributed by atoms with Gasteiger partial charge >= 0.3 is 0 Å². The monoisotopic (exact) mass is 253 g/mol. The number of rotatable bonds is 3. The third kappa shape index (κ3) is 2.88. The Morgan fingerprint density at radius 3 is 2.71 bits per heavy atom. The highest BCUT2D eigenvalue weighted by Gasteiger charge is 2.38. The van der Waals surface area contributed by atoms with E-state index in [-0.39, 0.29) is 22.4 Å². The van der Waals surface area contributed by atoms with Gasteiger partial charge in [-0.15, -0.1) is 0 Å². The molecule has 2 rings (SSSR count). The van der Waals surface area contributed by atoms with Crippen LogP contribution in [0.25, 0.3) is 0 Å². The molecule has 1 heterocycles. The van der Waals surface area contributed by atoms with Crippen molar-refractivity contribution in [2.75, 3.05) is 5.73 Å². The largest absolute Gasteiger partial charge is 0.384 e. The summed E-state index contributed by atoms with van der Waals surface area (Å²) in [5, 5.41) is 3.24. The van der Waals surface area contributed by atoms with Crippen molar-refractivity contribution in [3.63, 3.8) is 0 Å². The SMILES string of the molecule is CC(C)(NC(=O)c1cc(N)nc(Cl)c1)C1CC1. The van der Waals surface area contributed by atoms with Crippen molar-refractivity contribution < 1.29 is 4.79 Å². The second-order valence-corrected chi connectivity index (χ2v) is 5.44. The van der Waals surface area contributed by atoms with Gasteiger partial charge in [-0.1, -0.05) is 11.6 Å². The van der Waals surface area contributed by atoms with E-state index in [9.17, 15) is 4.79 Å². The van der Waals surface area contributed by atoms with Crippen LogP contribution in [0.2, 0.25) is 5.15 Å². The lowest BCUT2D eigenvalue weighted by molar-refractivity contribution is 0.0903. The van der Waals surface area contributed by atoms with Gasteiger partial charge in [0.25, 0.3) is 5.91 Å². The molecule has 17 heavy (non-hydrogen) atoms. The van der Waals surface area contributed by atoms with Gasteiger partial charge in [-0.25, -0.2) is 4.98 Å². The lowest BCUT2D eigenvalue weighted by Crippen LogP contribution is -2.45. The maximum Gasteiger partial charge on any atom is 0.251 e. The zero-order valence-electron chi connectivity index (χ0n) is 9.96. The highest BCUT2D eigenvalue weighted by molar-refractivity contribution is 6.29. The molecule has 1 aromatic heterocycles. The smallest absolute Gasteiger partial charge is 0.251 e. The van der Waals surface area contributed by atoms with Crippen LogP contribution >= 0.6 is 11.6 Å². The molecule has 0 atom stereocenters. The Balaban J connectivity index is 2.14. The maximum absolute atomic E-state index is 12.0. The molecule has 4 nitrogen and oxygen atoms in total. The number of aromatic nitrogens is 1. The summed E-state index contributed by atoms with van der Waals surface area (Å²) in [7, 11) is 0. The van der Waals surface area contributed by atoms with E-state index in [1.165, 1.54) is 25.0 Å². The predicted octanol–water partition coefficient (Wildman–Crippen LogP) is 2.24. The average Bonchev–Trinajstić information content (AvgIpc) is 2.98. The van der Waals surface area contributed by atoms with E-state index in [4.69, 9.17) is 17.3 Å². The standard InChI is InChI=1S/C12H16ClN3O/c1-12(2,8-3-4-8)16-11(17)7-5-9(13)15-10(14)6-7/h5-6,8H,3-4H2,1-2H3,(H2,14,15)(H,16,17). The van der Waals surface area contributed by atoms with Gasteiger partial charge in [0.2, 0.25) is 0 Å². The number of anilines is 1. The molecule has 3 N–H and O–H groups in total. The summed E-state index contributed by atoms with van der Waals surface area (Å²) >= 11 is 5.77. The summed E-state index contributed by atoms with van der Waals surface area (Å²) < 4.78 is 0. The summed E-state index contributed by atoms with van der Waals surface area (Å²) in [6, 6.07) is 3.06. The van der Waals surface area contributed by atoms with Crippen molar-refractivity contribution in [1.29, 1.82) is 0 Å². The van der Waals surface area contributed by atoms with Gasteiger partial charge in [-0.05, 0) is 44.7 Å². The highest BCUT2D eigenvalue weighted by Crippen LogP contribution is 2.39. The molecule has 1 fully saturated rings. The quantitative estimate of drug-likeness (QED) is 0.812. The summed E-state index contributed by atoms with van der Waals surface area (Å²) in [5.74, 6) is 0.672. The number of nitrogens with two attached hydrogens (primary N) is 1. The minimum Gasteiger partial charge on any atom is -0.384 e. The Kier molecular flexibility index (Phi) is 3.00. The molecule has 92 valence electrons. The minimum atomic E-state index is -0.179. The van der Waals surface area contributed by atoms with Gasteiger partial charge in [0.05, 0.1) is 0 Å². The molecule has 5 heteroatoms. The first-order valence-electron chi connectivity index (χ1n) is 5.64. The van der Waals surface area contributed by atoms with Crippen molar-refractivity contribution in [1.82, 2.24) is 10.3 Å². The van der Waals surface area contributed by atoms with Crippen LogP contribution < -0.4 is 11.1 Å². The summed E-state index contributed by atoms with van der Waals surface area (Å²) in [4.78, 5) is 15.9. The molecule has 0 unspecified atom stereocenters. The normalized spacial score (nSPS) is 15.7. The summed E-state index contributed by atoms with van der Waals surface area (Å²) in [6.45, 7) is 4.07. The summed E-state index contributed by atoms with van der Waals surface area (Å²) in [5.41, 5.74) is 5.83. The maximum atomic E-state index is 12.0. The number of halogens is 1. The molecule has 0 aromatic carbocycles. The van der Waals surface area contributed by atoms with Crippen LogP contribution in [0, 0.1) is 5.92 Å². The van der Waals surface area contributed by atoms with Gasteiger partial charge in [0.15, 0.2) is 0 Å². The number of carbonyl (C=O) groups excluding carboxylic acids is 1. The number of nitrogen functional groups attached to an aromatic ring is 1. The third-order valence-corrected chi connectivity index (χ3v) is 3.30. The number of carbonyl (C=O) groups is 1. The Morgan fingerprint density at radius 1 is 1.53 bits per heavy atom. The molecule has 0 bridgehead atoms. The topological polar surface area (TPSA) is 68.0 Å². The number of amides is 1. The molecule has 0 spiro atoms. The van der Waals surface area contributed by atoms with Crippen LogP contribution in [0.15, 0.2) is 12.1 Å². The predicted molar refractivity (Wildman–Crippen MR) is 67.9 cm³/mol. The molecule has 1 amide bonds. The Bertz CT molecular complexity index is 435. The Morgan fingerprint density at radius 2 is 2.18 bits per heavy atom. The van der Waals surface area contributed by atoms with Crippen LogP contribution in [0.5, 0.6) is 0 Å². The van der Waals surface area contributed by atoms with Crippen molar-refractivity contribution in [3.05, 3.63) is 22.8 Å². The van der Waals surface area contributed by atoms with Crippen molar-refractivity contribution in [2.24, 2.45) is 5.92 Å². The number of hydrogen-bond acceptors (Lipinski definition) is 3. The molecule has 0 aliphatic heterocycles. The molecule has 0 radical (unpaired) electrons. The summed E-state index contributed by atoms with van der Waals surface area (Å²) in [6.07, 6.45) is 2.35. The van der Waals surface area contributed by atoms with E-state index in [1.807, 2.05) is 13.8 Å². The zero-order chi connectivity index (χ0) is 12.6. The lowest BCUT2D eigenvalue weighted by atomic mass is 9.98. The first-order chi connectivity index (χ1) is 7.88. The van der Waals surface area contributed by atoms with E-state index >= 15 is 0 Å². The molecule has 1 saturated carbocycles. The molecular formula is C12H16ClN3O. The van der Waals surface area contributed by atoms with E-state index in [2.05, 4.69) is 10.3 Å². The van der Waals surface area contributed by atoms with Crippen molar-refractivity contribution >= 4 is 23.3 Å². The highest BCUT2D eigenvalue weighted by atomic mass is 35.5. The Hall–Kier alpha value is -1.29. The van der Waals surface area contributed by atoms with Crippen LogP contribution in [-0.4, -0.2) is 16.4 Å². The number of hydrogen-bond donors (Lipinski definition) is 2. The van der Waals surface area contributed by atoms with Crippen molar-refractivity contribution in [2.45, 2.75) is 32.2 Å². The molecule has 0 saturated heterocycles. The number of nitrogens with zero attached hydrogens (tertiary/aromatic N) is 1.